The summed E-state index contributed by atoms with van der Waals surface area (Å²) in [7, 11) is -1.77. The van der Waals surface area contributed by atoms with E-state index in [4.69, 9.17) is 21.1 Å². The number of amides is 1. The first-order valence-electron chi connectivity index (χ1n) is 10.4. The Bertz CT molecular complexity index is 1510. The summed E-state index contributed by atoms with van der Waals surface area (Å²) in [6, 6.07) is 17.4. The zero-order chi connectivity index (χ0) is 25.0. The van der Waals surface area contributed by atoms with Crippen molar-refractivity contribution in [2.45, 2.75) is 11.5 Å². The van der Waals surface area contributed by atoms with Gasteiger partial charge < -0.3 is 9.47 Å². The van der Waals surface area contributed by atoms with E-state index in [0.717, 1.165) is 17.4 Å². The number of anilines is 1. The van der Waals surface area contributed by atoms with Crippen LogP contribution in [0.5, 0.6) is 11.5 Å². The summed E-state index contributed by atoms with van der Waals surface area (Å²) >= 11 is 7.12. The monoisotopic (exact) mass is 528 g/mol. The molecule has 0 saturated heterocycles. The van der Waals surface area contributed by atoms with Gasteiger partial charge in [-0.05, 0) is 59.7 Å². The molecule has 0 aliphatic rings. The minimum atomic E-state index is -3.32. The highest BCUT2D eigenvalue weighted by Crippen LogP contribution is 2.30. The molecule has 0 bridgehead atoms. The third-order valence-corrected chi connectivity index (χ3v) is 7.24. The van der Waals surface area contributed by atoms with Crippen molar-refractivity contribution in [1.29, 1.82) is 0 Å². The normalized spacial score (nSPS) is 11.6. The van der Waals surface area contributed by atoms with Crippen molar-refractivity contribution in [3.63, 3.8) is 0 Å². The molecule has 0 aliphatic heterocycles. The summed E-state index contributed by atoms with van der Waals surface area (Å²) in [5.74, 6) is 0.746. The Balaban J connectivity index is 1.41. The van der Waals surface area contributed by atoms with E-state index in [1.54, 1.807) is 49.6 Å². The second-order valence-corrected chi connectivity index (χ2v) is 11.1. The maximum Gasteiger partial charge on any atom is 0.250 e. The predicted octanol–water partition coefficient (Wildman–Crippen LogP) is 5.59. The van der Waals surface area contributed by atoms with Gasteiger partial charge in [0.25, 0.3) is 0 Å². The van der Waals surface area contributed by atoms with Gasteiger partial charge in [-0.2, -0.15) is 0 Å². The van der Waals surface area contributed by atoms with Crippen LogP contribution in [0.1, 0.15) is 11.1 Å². The van der Waals surface area contributed by atoms with Crippen LogP contribution in [0.4, 0.5) is 5.13 Å². The van der Waals surface area contributed by atoms with Crippen LogP contribution in [-0.2, 0) is 21.2 Å². The Kier molecular flexibility index (Phi) is 7.39. The van der Waals surface area contributed by atoms with Crippen molar-refractivity contribution in [2.24, 2.45) is 0 Å². The molecule has 0 atom stereocenters. The Morgan fingerprint density at radius 2 is 1.86 bits per heavy atom. The minimum Gasteiger partial charge on any atom is -0.493 e. The third kappa shape index (κ3) is 6.39. The van der Waals surface area contributed by atoms with E-state index in [9.17, 15) is 13.2 Å². The number of carbonyl (C=O) groups is 1. The highest BCUT2D eigenvalue weighted by molar-refractivity contribution is 7.90. The lowest BCUT2D eigenvalue weighted by molar-refractivity contribution is -0.111. The van der Waals surface area contributed by atoms with Crippen LogP contribution < -0.4 is 14.8 Å². The molecule has 3 aromatic carbocycles. The van der Waals surface area contributed by atoms with E-state index >= 15 is 0 Å². The van der Waals surface area contributed by atoms with Crippen molar-refractivity contribution in [2.75, 3.05) is 18.7 Å². The molecule has 35 heavy (non-hydrogen) atoms. The van der Waals surface area contributed by atoms with Crippen LogP contribution >= 0.6 is 22.9 Å². The van der Waals surface area contributed by atoms with Crippen molar-refractivity contribution in [1.82, 2.24) is 4.98 Å². The first-order valence-corrected chi connectivity index (χ1v) is 13.4. The van der Waals surface area contributed by atoms with Gasteiger partial charge in [-0.15, -0.1) is 0 Å². The van der Waals surface area contributed by atoms with Gasteiger partial charge in [-0.3, -0.25) is 10.1 Å². The smallest absolute Gasteiger partial charge is 0.250 e. The molecule has 1 aromatic heterocycles. The fourth-order valence-corrected chi connectivity index (χ4v) is 4.91. The molecule has 180 valence electrons. The van der Waals surface area contributed by atoms with Crippen LogP contribution in [-0.4, -0.2) is 32.7 Å². The summed E-state index contributed by atoms with van der Waals surface area (Å²) < 4.78 is 35.4. The second kappa shape index (κ2) is 10.5. The number of thiazole rings is 1. The number of ether oxygens (including phenoxy) is 2. The minimum absolute atomic E-state index is 0.209. The lowest BCUT2D eigenvalue weighted by atomic mass is 10.2. The molecule has 4 rings (SSSR count). The van der Waals surface area contributed by atoms with Crippen molar-refractivity contribution < 1.29 is 22.7 Å². The largest absolute Gasteiger partial charge is 0.493 e. The van der Waals surface area contributed by atoms with Crippen LogP contribution in [0, 0.1) is 0 Å². The molecule has 7 nitrogen and oxygen atoms in total. The van der Waals surface area contributed by atoms with Gasteiger partial charge in [-0.1, -0.05) is 41.1 Å². The van der Waals surface area contributed by atoms with Crippen LogP contribution in [0.2, 0.25) is 5.02 Å². The molecule has 0 radical (unpaired) electrons. The average molecular weight is 529 g/mol. The Hall–Kier alpha value is -3.40. The quantitative estimate of drug-likeness (QED) is 0.299. The van der Waals surface area contributed by atoms with Gasteiger partial charge in [0.2, 0.25) is 5.91 Å². The van der Waals surface area contributed by atoms with E-state index in [0.29, 0.717) is 38.5 Å². The van der Waals surface area contributed by atoms with Crippen LogP contribution in [0.3, 0.4) is 0 Å². The zero-order valence-electron chi connectivity index (χ0n) is 18.8. The first-order chi connectivity index (χ1) is 16.7. The maximum atomic E-state index is 12.4. The van der Waals surface area contributed by atoms with Gasteiger partial charge in [-0.25, -0.2) is 13.4 Å². The summed E-state index contributed by atoms with van der Waals surface area (Å²) in [5, 5.41) is 3.75. The standard InChI is InChI=1S/C25H21ClN2O5S2/c1-32-22-13-16(5-11-21(22)33-15-17-3-7-18(26)8-4-17)6-12-24(29)28-25-27-20-10-9-19(35(2,30)31)14-23(20)34-25/h3-14H,15H2,1-2H3,(H,27,28,29)/b12-6+. The summed E-state index contributed by atoms with van der Waals surface area (Å²) in [4.78, 5) is 16.9. The van der Waals surface area contributed by atoms with E-state index in [2.05, 4.69) is 10.3 Å². The number of benzene rings is 3. The van der Waals surface area contributed by atoms with E-state index in [1.807, 2.05) is 18.2 Å². The predicted molar refractivity (Wildman–Crippen MR) is 139 cm³/mol. The highest BCUT2D eigenvalue weighted by Gasteiger charge is 2.12. The molecule has 0 spiro atoms. The summed E-state index contributed by atoms with van der Waals surface area (Å²) in [5.41, 5.74) is 2.33. The van der Waals surface area contributed by atoms with Gasteiger partial charge in [0.15, 0.2) is 26.5 Å². The SMILES string of the molecule is COc1cc(/C=C/C(=O)Nc2nc3ccc(S(C)(=O)=O)cc3s2)ccc1OCc1ccc(Cl)cc1. The second-order valence-electron chi connectivity index (χ2n) is 7.57. The van der Waals surface area contributed by atoms with Crippen LogP contribution in [0.15, 0.2) is 71.6 Å². The number of nitrogens with one attached hydrogen (secondary N) is 1. The average Bonchev–Trinajstić information content (AvgIpc) is 3.23. The molecular weight excluding hydrogens is 508 g/mol. The number of carbonyl (C=O) groups excluding carboxylic acids is 1. The number of rotatable bonds is 8. The molecule has 4 aromatic rings. The molecule has 0 fully saturated rings. The fourth-order valence-electron chi connectivity index (χ4n) is 3.16. The maximum absolute atomic E-state index is 12.4. The third-order valence-electron chi connectivity index (χ3n) is 4.94. The molecule has 1 N–H and O–H groups in total. The molecular formula is C25H21ClN2O5S2. The number of nitrogens with zero attached hydrogens (tertiary/aromatic N) is 1. The van der Waals surface area contributed by atoms with Crippen molar-refractivity contribution >= 4 is 60.1 Å². The Morgan fingerprint density at radius 3 is 2.57 bits per heavy atom. The molecule has 1 amide bonds. The molecule has 0 unspecified atom stereocenters. The molecule has 10 heteroatoms. The number of hydrogen-bond donors (Lipinski definition) is 1. The Labute approximate surface area is 211 Å². The lowest BCUT2D eigenvalue weighted by Crippen LogP contribution is -2.07. The van der Waals surface area contributed by atoms with Gasteiger partial charge in [0, 0.05) is 17.4 Å². The van der Waals surface area contributed by atoms with Crippen LogP contribution in [0.25, 0.3) is 16.3 Å². The van der Waals surface area contributed by atoms with E-state index in [1.165, 1.54) is 23.5 Å². The summed E-state index contributed by atoms with van der Waals surface area (Å²) in [6.07, 6.45) is 4.18. The van der Waals surface area contributed by atoms with Gasteiger partial charge in [0.05, 0.1) is 22.2 Å². The fraction of sp³-hybridized carbons (Fsp3) is 0.120. The number of fused-ring (bicyclic) bond motifs is 1. The highest BCUT2D eigenvalue weighted by atomic mass is 35.5. The van der Waals surface area contributed by atoms with E-state index in [-0.39, 0.29) is 10.8 Å². The molecule has 0 saturated carbocycles. The van der Waals surface area contributed by atoms with Crippen molar-refractivity contribution in [3.05, 3.63) is 82.9 Å². The summed E-state index contributed by atoms with van der Waals surface area (Å²) in [6.45, 7) is 0.360. The number of hydrogen-bond acceptors (Lipinski definition) is 7. The van der Waals surface area contributed by atoms with Crippen molar-refractivity contribution in [3.8, 4) is 11.5 Å². The topological polar surface area (TPSA) is 94.6 Å². The van der Waals surface area contributed by atoms with E-state index < -0.39 is 9.84 Å². The first kappa shape index (κ1) is 24.7. The lowest BCUT2D eigenvalue weighted by Gasteiger charge is -2.11. The molecule has 1 heterocycles. The Morgan fingerprint density at radius 1 is 1.09 bits per heavy atom. The number of methoxy groups -OCH3 is 1. The van der Waals surface area contributed by atoms with Gasteiger partial charge in [0.1, 0.15) is 6.61 Å². The zero-order valence-corrected chi connectivity index (χ0v) is 21.2. The molecule has 0 aliphatic carbocycles. The van der Waals surface area contributed by atoms with Gasteiger partial charge >= 0.3 is 0 Å². The number of sulfone groups is 1. The number of halogens is 1. The number of aromatic nitrogens is 1.